The molecule has 3 rings (SSSR count). The maximum atomic E-state index is 13.2. The Morgan fingerprint density at radius 1 is 1.48 bits per heavy atom. The highest BCUT2D eigenvalue weighted by molar-refractivity contribution is 5.87. The van der Waals surface area contributed by atoms with E-state index in [-0.39, 0.29) is 29.9 Å². The number of aryl methyl sites for hydroxylation is 1. The molecule has 2 heterocycles. The van der Waals surface area contributed by atoms with Crippen LogP contribution in [-0.4, -0.2) is 28.3 Å². The quantitative estimate of drug-likeness (QED) is 0.806. The van der Waals surface area contributed by atoms with Gasteiger partial charge in [-0.15, -0.1) is 0 Å². The van der Waals surface area contributed by atoms with Gasteiger partial charge in [0.1, 0.15) is 0 Å². The van der Waals surface area contributed by atoms with E-state index in [1.54, 1.807) is 10.7 Å². The smallest absolute Gasteiger partial charge is 0.358 e. The summed E-state index contributed by atoms with van der Waals surface area (Å²) in [6, 6.07) is 1.69. The Morgan fingerprint density at radius 2 is 2.19 bits per heavy atom. The predicted molar refractivity (Wildman–Crippen MR) is 72.3 cm³/mol. The normalized spacial score (nSPS) is 22.0. The van der Waals surface area contributed by atoms with Crippen LogP contribution in [0.1, 0.15) is 49.3 Å². The predicted octanol–water partition coefficient (Wildman–Crippen LogP) is 3.06. The molecule has 0 atom stereocenters. The van der Waals surface area contributed by atoms with Gasteiger partial charge in [-0.25, -0.2) is 13.6 Å². The van der Waals surface area contributed by atoms with Crippen LogP contribution in [0.2, 0.25) is 0 Å². The standard InChI is InChI=1S/C15H20F2N2O2/c1-10(2)7-21-13(20)12-5-11-6-14(3-4-19(11)18-12)8-15(16,17)9-14/h5,10H,3-4,6-9H2,1-2H3. The van der Waals surface area contributed by atoms with Gasteiger partial charge in [-0.1, -0.05) is 13.8 Å². The number of esters is 1. The van der Waals surface area contributed by atoms with Gasteiger partial charge in [0, 0.05) is 25.1 Å². The highest BCUT2D eigenvalue weighted by Gasteiger charge is 2.57. The Labute approximate surface area is 122 Å². The molecule has 6 heteroatoms. The van der Waals surface area contributed by atoms with Gasteiger partial charge in [-0.3, -0.25) is 4.68 Å². The van der Waals surface area contributed by atoms with Gasteiger partial charge >= 0.3 is 5.97 Å². The average Bonchev–Trinajstić information content (AvgIpc) is 2.76. The van der Waals surface area contributed by atoms with Crippen LogP contribution in [0.3, 0.4) is 0 Å². The van der Waals surface area contributed by atoms with Crippen LogP contribution in [0, 0.1) is 11.3 Å². The van der Waals surface area contributed by atoms with E-state index in [4.69, 9.17) is 4.74 Å². The van der Waals surface area contributed by atoms with Crippen LogP contribution < -0.4 is 0 Å². The van der Waals surface area contributed by atoms with Crippen molar-refractivity contribution in [2.45, 2.75) is 52.0 Å². The first-order chi connectivity index (χ1) is 9.79. The Morgan fingerprint density at radius 3 is 2.81 bits per heavy atom. The summed E-state index contributed by atoms with van der Waals surface area (Å²) < 4.78 is 33.2. The maximum absolute atomic E-state index is 13.2. The molecule has 1 fully saturated rings. The molecule has 1 spiro atoms. The largest absolute Gasteiger partial charge is 0.461 e. The number of carbonyl (C=O) groups is 1. The lowest BCUT2D eigenvalue weighted by Crippen LogP contribution is -2.49. The molecule has 1 aromatic rings. The van der Waals surface area contributed by atoms with Gasteiger partial charge in [-0.05, 0) is 30.2 Å². The summed E-state index contributed by atoms with van der Waals surface area (Å²) in [6.07, 6.45) is 1.20. The van der Waals surface area contributed by atoms with E-state index in [1.807, 2.05) is 13.8 Å². The first-order valence-corrected chi connectivity index (χ1v) is 7.40. The van der Waals surface area contributed by atoms with E-state index in [0.29, 0.717) is 26.0 Å². The molecule has 21 heavy (non-hydrogen) atoms. The Bertz CT molecular complexity index is 558. The lowest BCUT2D eigenvalue weighted by molar-refractivity contribution is -0.168. The third-order valence-corrected chi connectivity index (χ3v) is 4.30. The van der Waals surface area contributed by atoms with Crippen molar-refractivity contribution in [1.82, 2.24) is 9.78 Å². The average molecular weight is 298 g/mol. The molecule has 0 amide bonds. The third-order valence-electron chi connectivity index (χ3n) is 4.30. The number of carbonyl (C=O) groups excluding carboxylic acids is 1. The van der Waals surface area contributed by atoms with Gasteiger partial charge in [0.05, 0.1) is 6.61 Å². The molecular formula is C15H20F2N2O2. The van der Waals surface area contributed by atoms with Crippen LogP contribution >= 0.6 is 0 Å². The number of halogens is 2. The van der Waals surface area contributed by atoms with Crippen molar-refractivity contribution in [3.05, 3.63) is 17.5 Å². The van der Waals surface area contributed by atoms with E-state index in [9.17, 15) is 13.6 Å². The fourth-order valence-electron chi connectivity index (χ4n) is 3.37. The highest BCUT2D eigenvalue weighted by Crippen LogP contribution is 2.57. The second kappa shape index (κ2) is 4.78. The molecule has 0 N–H and O–H groups in total. The molecule has 1 aromatic heterocycles. The van der Waals surface area contributed by atoms with Gasteiger partial charge in [-0.2, -0.15) is 5.10 Å². The summed E-state index contributed by atoms with van der Waals surface area (Å²) in [5, 5.41) is 4.24. The molecule has 4 nitrogen and oxygen atoms in total. The minimum Gasteiger partial charge on any atom is -0.461 e. The topological polar surface area (TPSA) is 44.1 Å². The zero-order valence-electron chi connectivity index (χ0n) is 12.4. The molecule has 1 saturated carbocycles. The lowest BCUT2D eigenvalue weighted by atomic mass is 9.61. The summed E-state index contributed by atoms with van der Waals surface area (Å²) in [4.78, 5) is 11.9. The van der Waals surface area contributed by atoms with Crippen LogP contribution in [-0.2, 0) is 17.7 Å². The summed E-state index contributed by atoms with van der Waals surface area (Å²) >= 11 is 0. The zero-order chi connectivity index (χ0) is 15.3. The number of hydrogen-bond donors (Lipinski definition) is 0. The summed E-state index contributed by atoms with van der Waals surface area (Å²) in [7, 11) is 0. The Hall–Kier alpha value is -1.46. The molecule has 0 saturated heterocycles. The zero-order valence-corrected chi connectivity index (χ0v) is 12.4. The van der Waals surface area contributed by atoms with Gasteiger partial charge in [0.15, 0.2) is 5.69 Å². The van der Waals surface area contributed by atoms with Crippen LogP contribution in [0.15, 0.2) is 6.07 Å². The van der Waals surface area contributed by atoms with E-state index in [0.717, 1.165) is 5.69 Å². The van der Waals surface area contributed by atoms with Crippen LogP contribution in [0.25, 0.3) is 0 Å². The molecule has 0 bridgehead atoms. The third kappa shape index (κ3) is 2.80. The molecule has 0 unspecified atom stereocenters. The minimum atomic E-state index is -2.51. The summed E-state index contributed by atoms with van der Waals surface area (Å²) in [6.45, 7) is 4.89. The second-order valence-corrected chi connectivity index (χ2v) is 6.87. The molecule has 116 valence electrons. The van der Waals surface area contributed by atoms with Gasteiger partial charge < -0.3 is 4.74 Å². The second-order valence-electron chi connectivity index (χ2n) is 6.87. The maximum Gasteiger partial charge on any atom is 0.358 e. The molecule has 1 aliphatic heterocycles. The Kier molecular flexibility index (Phi) is 3.30. The van der Waals surface area contributed by atoms with Crippen molar-refractivity contribution in [1.29, 1.82) is 0 Å². The van der Waals surface area contributed by atoms with E-state index < -0.39 is 11.9 Å². The fraction of sp³-hybridized carbons (Fsp3) is 0.733. The van der Waals surface area contributed by atoms with Crippen molar-refractivity contribution < 1.29 is 18.3 Å². The van der Waals surface area contributed by atoms with E-state index in [1.165, 1.54) is 0 Å². The SMILES string of the molecule is CC(C)COC(=O)c1cc2n(n1)CCC1(C2)CC(F)(F)C1. The fourth-order valence-corrected chi connectivity index (χ4v) is 3.37. The first kappa shape index (κ1) is 14.5. The summed E-state index contributed by atoms with van der Waals surface area (Å²) in [5.74, 6) is -2.67. The van der Waals surface area contributed by atoms with Crippen molar-refractivity contribution in [2.24, 2.45) is 11.3 Å². The number of rotatable bonds is 3. The minimum absolute atomic E-state index is 0.0433. The molecular weight excluding hydrogens is 278 g/mol. The van der Waals surface area contributed by atoms with Crippen LogP contribution in [0.5, 0.6) is 0 Å². The molecule has 0 radical (unpaired) electrons. The summed E-state index contributed by atoms with van der Waals surface area (Å²) in [5.41, 5.74) is 0.862. The first-order valence-electron chi connectivity index (χ1n) is 7.40. The van der Waals surface area contributed by atoms with Crippen LogP contribution in [0.4, 0.5) is 8.78 Å². The number of nitrogens with zero attached hydrogens (tertiary/aromatic N) is 2. The monoisotopic (exact) mass is 298 g/mol. The van der Waals surface area contributed by atoms with Crippen molar-refractivity contribution in [3.63, 3.8) is 0 Å². The Balaban J connectivity index is 1.69. The van der Waals surface area contributed by atoms with E-state index in [2.05, 4.69) is 5.10 Å². The van der Waals surface area contributed by atoms with Crippen molar-refractivity contribution in [3.8, 4) is 0 Å². The number of fused-ring (bicyclic) bond motifs is 1. The van der Waals surface area contributed by atoms with Crippen molar-refractivity contribution in [2.75, 3.05) is 6.61 Å². The highest BCUT2D eigenvalue weighted by atomic mass is 19.3. The number of aromatic nitrogens is 2. The van der Waals surface area contributed by atoms with Crippen molar-refractivity contribution >= 4 is 5.97 Å². The van der Waals surface area contributed by atoms with Gasteiger partial charge in [0.25, 0.3) is 0 Å². The number of hydrogen-bond acceptors (Lipinski definition) is 3. The number of alkyl halides is 2. The number of ether oxygens (including phenoxy) is 1. The molecule has 2 aliphatic rings. The molecule has 0 aromatic carbocycles. The molecule has 1 aliphatic carbocycles. The van der Waals surface area contributed by atoms with Gasteiger partial charge in [0.2, 0.25) is 5.92 Å². The van der Waals surface area contributed by atoms with E-state index >= 15 is 0 Å². The lowest BCUT2D eigenvalue weighted by Gasteiger charge is -2.49.